The Kier molecular flexibility index (Phi) is 36.8. The van der Waals surface area contributed by atoms with E-state index >= 15 is 0 Å². The van der Waals surface area contributed by atoms with Crippen molar-refractivity contribution in [2.45, 2.75) is 230 Å². The number of carbonyl (C=O) groups is 9. The Hall–Kier alpha value is -14.1. The van der Waals surface area contributed by atoms with Crippen molar-refractivity contribution in [2.75, 3.05) is 50.0 Å². The third-order valence-corrected chi connectivity index (χ3v) is 28.3. The number of rotatable bonds is 29. The van der Waals surface area contributed by atoms with Gasteiger partial charge in [0.1, 0.15) is 45.8 Å². The molecular weight excluding hydrogens is 1880 g/mol. The Bertz CT molecular complexity index is 6880. The molecule has 6 aromatic carbocycles. The number of aromatic carboxylic acids is 1. The molecule has 6 aromatic heterocycles. The molecule has 6 aliphatic rings. The third kappa shape index (κ3) is 25.0. The molecule has 0 aliphatic heterocycles. The molecule has 5 amide bonds. The second-order valence-electron chi connectivity index (χ2n) is 37.6. The number of nitrogens with one attached hydrogen (secondary N) is 5. The topological polar surface area (TPSA) is 410 Å². The van der Waals surface area contributed by atoms with Crippen molar-refractivity contribution in [2.24, 2.45) is 5.73 Å². The maximum Gasteiger partial charge on any atom is 1.00 e. The van der Waals surface area contributed by atoms with Gasteiger partial charge in [-0.25, -0.2) is 32.3 Å². The van der Waals surface area contributed by atoms with Crippen molar-refractivity contribution in [3.05, 3.63) is 250 Å². The standard InChI is InChI=1S/C38H41FN4O5.C37H39FN4O5.C21H21FN2O2.C17H22N2O4.Na.H2O/c1-4-48-33-22-28(15-11-25(33)13-18-34(44)47-3)41-37(46)38(19-8-20-38)42-36(45)26-12-17-32-30(21-26)24(2)35(31-16-14-27(39)23-40-31)43(32)29-9-6-5-7-10-29;1-3-47-32-21-27(14-10-24(32)12-17-33(43)44)40-36(46)37(18-7-19-37)41-35(45)25-11-16-31-29(20-25)23(2)34(30-15-13-26(38)22-39-30)42(31)28-8-5-4-6-9-28;1-13-17-11-14(21(25)26)7-10-19(17)24(16-5-3-2-4-6-16)20(13)18-9-8-15(22)12-23-18;1-3-23-14-11-13(19-16(21)17(18)9-4-10-17)7-5-12(14)6-8-15(20)22-2;;/h11-18,21-23,29H,4-10,19-20H2,1-3H3,(H,41,46)(H,42,45);10-17,20-22,28H,3-9,18-19H2,1-2H3,(H,40,46)(H,41,45)(H,43,44);7-12,16H,2-6H2,1H3,(H,25,26);5-8,11H,3-4,9-10,18H2,1-2H3,(H,19,21);;1H2/q;;;;+1;/p-1/b18-13+;17-12+;;8-6+;;. The number of hydrogen-bond donors (Lipinski definition) is 8. The molecule has 0 spiro atoms. The van der Waals surface area contributed by atoms with Crippen LogP contribution in [0.25, 0.3) is 85.1 Å². The summed E-state index contributed by atoms with van der Waals surface area (Å²) in [7, 11) is 2.62. The van der Waals surface area contributed by atoms with Crippen LogP contribution in [0.1, 0.15) is 257 Å². The van der Waals surface area contributed by atoms with Gasteiger partial charge in [-0.15, -0.1) is 0 Å². The van der Waals surface area contributed by atoms with E-state index in [0.29, 0.717) is 138 Å². The van der Waals surface area contributed by atoms with Gasteiger partial charge in [-0.05, 0) is 300 Å². The fraction of sp³-hybridized carbons (Fsp3) is 0.363. The van der Waals surface area contributed by atoms with E-state index in [1.165, 1.54) is 101 Å². The number of carboxylic acid groups (broad SMARTS) is 2. The molecule has 0 bridgehead atoms. The van der Waals surface area contributed by atoms with Crippen LogP contribution in [-0.4, -0.2) is 148 Å². The van der Waals surface area contributed by atoms with Crippen LogP contribution in [0, 0.1) is 38.2 Å². The summed E-state index contributed by atoms with van der Waals surface area (Å²) in [6.45, 7) is 12.8. The average molecular weight is 2000 g/mol. The van der Waals surface area contributed by atoms with Gasteiger partial charge in [0.05, 0.1) is 97.9 Å². The van der Waals surface area contributed by atoms with Crippen LogP contribution >= 0.6 is 0 Å². The summed E-state index contributed by atoms with van der Waals surface area (Å²) in [5.74, 6) is -4.02. The number of nitrogens with zero attached hydrogens (tertiary/aromatic N) is 6. The number of fused-ring (bicyclic) bond motifs is 3. The van der Waals surface area contributed by atoms with E-state index in [0.717, 1.165) is 167 Å². The third-order valence-electron chi connectivity index (χ3n) is 28.3. The molecule has 6 fully saturated rings. The number of nitrogens with two attached hydrogens (primary N) is 1. The number of carbonyl (C=O) groups excluding carboxylic acids is 7. The molecule has 12 aromatic rings. The first kappa shape index (κ1) is 109. The minimum atomic E-state index is -1.08. The van der Waals surface area contributed by atoms with Gasteiger partial charge in [0.2, 0.25) is 17.7 Å². The quantitative estimate of drug-likeness (QED) is 0.0123. The number of pyridine rings is 3. The fourth-order valence-corrected chi connectivity index (χ4v) is 20.2. The molecule has 29 nitrogen and oxygen atoms in total. The SMILES string of the molecule is CCOc1cc(NC(=O)C2(N)CCC2)ccc1/C=C/C(=O)OC.CCOc1cc(NC(=O)C2(NC(=O)c3ccc4c(c3)c(C)c(-c3ccc(F)cn3)n4C3CCCCC3)CCC2)ccc1/C=C/C(=O)O.CCOc1cc(NC(=O)C2(NC(=O)c3ccc4c(c3)c(C)c(-c3ccc(F)cn3)n4C3CCCCC3)CCC2)ccc1/C=C/C(=O)OC.Cc1c(-c2ccc(F)cn2)n(C2CCCCC2)c2ccc(C(=O)O)cc12.[Na+].[OH-]. The number of methoxy groups -OCH3 is 2. The second-order valence-corrected chi connectivity index (χ2v) is 37.6. The smallest absolute Gasteiger partial charge is 0.870 e. The largest absolute Gasteiger partial charge is 1.00 e. The number of aryl methyl sites for hydroxylation is 3. The number of aliphatic carboxylic acids is 1. The molecule has 760 valence electrons. The minimum Gasteiger partial charge on any atom is -0.870 e. The van der Waals surface area contributed by atoms with E-state index in [-0.39, 0.29) is 93.6 Å². The maximum atomic E-state index is 13.8. The van der Waals surface area contributed by atoms with Gasteiger partial charge in [0, 0.05) is 132 Å². The van der Waals surface area contributed by atoms with Crippen molar-refractivity contribution in [1.82, 2.24) is 39.3 Å². The first-order valence-electron chi connectivity index (χ1n) is 49.6. The molecule has 6 heterocycles. The number of benzene rings is 6. The van der Waals surface area contributed by atoms with Gasteiger partial charge in [0.25, 0.3) is 11.8 Å². The average Bonchev–Trinajstić information content (AvgIpc) is 1.59. The normalized spacial score (nSPS) is 15.7. The monoisotopic (exact) mass is 2000 g/mol. The summed E-state index contributed by atoms with van der Waals surface area (Å²) in [6.07, 6.45) is 35.1. The number of halogens is 3. The Morgan fingerprint density at radius 2 is 0.712 bits per heavy atom. The molecular formula is C113H124F3N12NaO17. The van der Waals surface area contributed by atoms with Crippen molar-refractivity contribution < 1.29 is 125 Å². The molecule has 6 aliphatic carbocycles. The van der Waals surface area contributed by atoms with Crippen LogP contribution in [0.15, 0.2) is 182 Å². The summed E-state index contributed by atoms with van der Waals surface area (Å²) in [5.41, 5.74) is 18.9. The zero-order chi connectivity index (χ0) is 102. The van der Waals surface area contributed by atoms with Gasteiger partial charge < -0.3 is 85.4 Å². The van der Waals surface area contributed by atoms with Crippen molar-refractivity contribution in [3.63, 3.8) is 0 Å². The summed E-state index contributed by atoms with van der Waals surface area (Å²) < 4.78 is 74.2. The first-order chi connectivity index (χ1) is 69.4. The summed E-state index contributed by atoms with van der Waals surface area (Å²) in [4.78, 5) is 125. The van der Waals surface area contributed by atoms with Crippen LogP contribution in [0.4, 0.5) is 30.2 Å². The molecule has 10 N–H and O–H groups in total. The van der Waals surface area contributed by atoms with Crippen molar-refractivity contribution in [3.8, 4) is 51.4 Å². The zero-order valence-electron chi connectivity index (χ0n) is 83.8. The Balaban J connectivity index is 0.000000170. The summed E-state index contributed by atoms with van der Waals surface area (Å²) in [6, 6.07) is 42.4. The van der Waals surface area contributed by atoms with Gasteiger partial charge in [-0.3, -0.25) is 38.9 Å². The van der Waals surface area contributed by atoms with Crippen molar-refractivity contribution in [1.29, 1.82) is 0 Å². The fourth-order valence-electron chi connectivity index (χ4n) is 20.2. The Labute approximate surface area is 867 Å². The predicted molar refractivity (Wildman–Crippen MR) is 551 cm³/mol. The van der Waals surface area contributed by atoms with Crippen LogP contribution in [0.2, 0.25) is 0 Å². The van der Waals surface area contributed by atoms with Crippen LogP contribution < -0.4 is 76.1 Å². The van der Waals surface area contributed by atoms with Crippen molar-refractivity contribution >= 4 is 121 Å². The van der Waals surface area contributed by atoms with E-state index in [1.54, 1.807) is 103 Å². The number of carboxylic acids is 2. The van der Waals surface area contributed by atoms with E-state index in [1.807, 2.05) is 77.9 Å². The number of amides is 5. The number of anilines is 3. The first-order valence-corrected chi connectivity index (χ1v) is 49.6. The zero-order valence-corrected chi connectivity index (χ0v) is 85.8. The second kappa shape index (κ2) is 49.2. The predicted octanol–water partition coefficient (Wildman–Crippen LogP) is 19.2. The van der Waals surface area contributed by atoms with Crippen LogP contribution in [-0.2, 0) is 38.2 Å². The molecule has 0 radical (unpaired) electrons. The van der Waals surface area contributed by atoms with E-state index in [2.05, 4.69) is 64.7 Å². The summed E-state index contributed by atoms with van der Waals surface area (Å²) in [5, 5.41) is 36.0. The van der Waals surface area contributed by atoms with E-state index in [4.69, 9.17) is 25.1 Å². The van der Waals surface area contributed by atoms with Crippen LogP contribution in [0.5, 0.6) is 17.2 Å². The number of esters is 2. The van der Waals surface area contributed by atoms with Crippen LogP contribution in [0.3, 0.4) is 0 Å². The maximum absolute atomic E-state index is 13.8. The molecule has 146 heavy (non-hydrogen) atoms. The molecule has 0 saturated heterocycles. The summed E-state index contributed by atoms with van der Waals surface area (Å²) >= 11 is 0. The molecule has 0 atom stereocenters. The van der Waals surface area contributed by atoms with Gasteiger partial charge >= 0.3 is 53.4 Å². The minimum absolute atomic E-state index is 0. The number of ether oxygens (including phenoxy) is 5. The number of aromatic nitrogens is 6. The van der Waals surface area contributed by atoms with E-state index in [9.17, 15) is 61.4 Å². The Morgan fingerprint density at radius 1 is 0.404 bits per heavy atom. The van der Waals surface area contributed by atoms with Gasteiger partial charge in [-0.2, -0.15) is 0 Å². The number of hydrogen-bond acceptors (Lipinski definition) is 19. The Morgan fingerprint density at radius 3 is 0.986 bits per heavy atom. The molecule has 33 heteroatoms. The molecule has 6 saturated carbocycles. The van der Waals surface area contributed by atoms with Gasteiger partial charge in [0.15, 0.2) is 0 Å². The molecule has 18 rings (SSSR count). The van der Waals surface area contributed by atoms with E-state index < -0.39 is 40.5 Å². The molecule has 0 unspecified atom stereocenters. The van der Waals surface area contributed by atoms with Gasteiger partial charge in [-0.1, -0.05) is 57.8 Å².